The third-order valence-corrected chi connectivity index (χ3v) is 3.50. The van der Waals surface area contributed by atoms with Crippen LogP contribution in [0.25, 0.3) is 0 Å². The molecule has 1 heterocycles. The molecule has 0 aromatic heterocycles. The van der Waals surface area contributed by atoms with Crippen molar-refractivity contribution >= 4 is 17.7 Å². The smallest absolute Gasteiger partial charge is 0.254 e. The van der Waals surface area contributed by atoms with Crippen molar-refractivity contribution in [2.45, 2.75) is 26.3 Å². The van der Waals surface area contributed by atoms with Gasteiger partial charge < -0.3 is 15.2 Å². The van der Waals surface area contributed by atoms with E-state index in [1.165, 1.54) is 12.2 Å². The first-order valence-corrected chi connectivity index (χ1v) is 7.71. The van der Waals surface area contributed by atoms with Crippen molar-refractivity contribution < 1.29 is 23.9 Å². The number of rotatable bonds is 8. The van der Waals surface area contributed by atoms with Crippen LogP contribution in [-0.2, 0) is 14.4 Å². The Kier molecular flexibility index (Phi) is 5.57. The number of benzene rings is 1. The maximum atomic E-state index is 12.0. The van der Waals surface area contributed by atoms with Crippen LogP contribution in [0.15, 0.2) is 30.4 Å². The molecule has 24 heavy (non-hydrogen) atoms. The van der Waals surface area contributed by atoms with Gasteiger partial charge in [0.2, 0.25) is 5.91 Å². The van der Waals surface area contributed by atoms with Crippen molar-refractivity contribution in [1.29, 1.82) is 0 Å². The minimum absolute atomic E-state index is 0.168. The molecule has 7 heteroatoms. The van der Waals surface area contributed by atoms with Gasteiger partial charge >= 0.3 is 0 Å². The van der Waals surface area contributed by atoms with E-state index >= 15 is 0 Å². The van der Waals surface area contributed by atoms with Crippen molar-refractivity contribution in [2.75, 3.05) is 13.2 Å². The van der Waals surface area contributed by atoms with E-state index in [0.29, 0.717) is 30.3 Å². The van der Waals surface area contributed by atoms with Crippen molar-refractivity contribution in [3.05, 3.63) is 35.9 Å². The van der Waals surface area contributed by atoms with Gasteiger partial charge in [0.1, 0.15) is 0 Å². The molecule has 1 aromatic carbocycles. The topological polar surface area (TPSA) is 98.9 Å². The van der Waals surface area contributed by atoms with Crippen molar-refractivity contribution in [1.82, 2.24) is 4.90 Å². The maximum Gasteiger partial charge on any atom is 0.254 e. The summed E-state index contributed by atoms with van der Waals surface area (Å²) in [5.41, 5.74) is 5.87. The van der Waals surface area contributed by atoms with Crippen LogP contribution in [0.5, 0.6) is 11.5 Å². The summed E-state index contributed by atoms with van der Waals surface area (Å²) in [5, 5.41) is 0. The number of imide groups is 1. The highest BCUT2D eigenvalue weighted by Crippen LogP contribution is 2.34. The van der Waals surface area contributed by atoms with E-state index in [-0.39, 0.29) is 6.42 Å². The van der Waals surface area contributed by atoms with Crippen LogP contribution in [-0.4, -0.2) is 35.8 Å². The van der Waals surface area contributed by atoms with Gasteiger partial charge in [0.25, 0.3) is 11.8 Å². The second-order valence-corrected chi connectivity index (χ2v) is 5.14. The lowest BCUT2D eigenvalue weighted by atomic mass is 10.0. The SMILES string of the molecule is CCOc1ccc(C(CC(N)=O)N2C(=O)C=CC2=O)cc1OCC. The van der Waals surface area contributed by atoms with Crippen LogP contribution >= 0.6 is 0 Å². The number of nitrogens with zero attached hydrogens (tertiary/aromatic N) is 1. The highest BCUT2D eigenvalue weighted by molar-refractivity contribution is 6.13. The zero-order valence-electron chi connectivity index (χ0n) is 13.7. The summed E-state index contributed by atoms with van der Waals surface area (Å²) in [4.78, 5) is 36.4. The van der Waals surface area contributed by atoms with E-state index in [0.717, 1.165) is 4.90 Å². The second kappa shape index (κ2) is 7.63. The van der Waals surface area contributed by atoms with E-state index in [2.05, 4.69) is 0 Å². The molecule has 128 valence electrons. The number of carbonyl (C=O) groups excluding carboxylic acids is 3. The zero-order chi connectivity index (χ0) is 17.7. The third-order valence-electron chi connectivity index (χ3n) is 3.50. The van der Waals surface area contributed by atoms with E-state index in [1.54, 1.807) is 18.2 Å². The fraction of sp³-hybridized carbons (Fsp3) is 0.353. The molecule has 1 aromatic rings. The van der Waals surface area contributed by atoms with Gasteiger partial charge in [-0.1, -0.05) is 6.07 Å². The average molecular weight is 332 g/mol. The summed E-state index contributed by atoms with van der Waals surface area (Å²) >= 11 is 0. The molecule has 0 spiro atoms. The van der Waals surface area contributed by atoms with Gasteiger partial charge in [0.05, 0.1) is 25.7 Å². The molecule has 7 nitrogen and oxygen atoms in total. The quantitative estimate of drug-likeness (QED) is 0.724. The van der Waals surface area contributed by atoms with E-state index in [1.807, 2.05) is 13.8 Å². The zero-order valence-corrected chi connectivity index (χ0v) is 13.7. The Morgan fingerprint density at radius 3 is 2.21 bits per heavy atom. The predicted octanol–water partition coefficient (Wildman–Crippen LogP) is 1.33. The highest BCUT2D eigenvalue weighted by Gasteiger charge is 2.33. The van der Waals surface area contributed by atoms with Gasteiger partial charge in [0.15, 0.2) is 11.5 Å². The number of amides is 3. The molecule has 0 radical (unpaired) electrons. The maximum absolute atomic E-state index is 12.0. The van der Waals surface area contributed by atoms with E-state index in [9.17, 15) is 14.4 Å². The van der Waals surface area contributed by atoms with E-state index < -0.39 is 23.8 Å². The molecular weight excluding hydrogens is 312 g/mol. The van der Waals surface area contributed by atoms with Crippen LogP contribution in [0.4, 0.5) is 0 Å². The third kappa shape index (κ3) is 3.73. The highest BCUT2D eigenvalue weighted by atomic mass is 16.5. The molecule has 3 amide bonds. The first-order chi connectivity index (χ1) is 11.5. The Balaban J connectivity index is 2.42. The fourth-order valence-corrected chi connectivity index (χ4v) is 2.54. The summed E-state index contributed by atoms with van der Waals surface area (Å²) < 4.78 is 11.1. The number of carbonyl (C=O) groups is 3. The van der Waals surface area contributed by atoms with Gasteiger partial charge in [0, 0.05) is 12.2 Å². The standard InChI is InChI=1S/C17H20N2O5/c1-3-23-13-6-5-11(9-14(13)24-4-2)12(10-15(18)20)19-16(21)7-8-17(19)22/h5-9,12H,3-4,10H2,1-2H3,(H2,18,20). The molecule has 2 rings (SSSR count). The molecule has 0 fully saturated rings. The lowest BCUT2D eigenvalue weighted by Crippen LogP contribution is -2.36. The van der Waals surface area contributed by atoms with Crippen LogP contribution < -0.4 is 15.2 Å². The number of hydrogen-bond donors (Lipinski definition) is 1. The predicted molar refractivity (Wildman–Crippen MR) is 86.3 cm³/mol. The monoisotopic (exact) mass is 332 g/mol. The Morgan fingerprint density at radius 1 is 1.08 bits per heavy atom. The van der Waals surface area contributed by atoms with E-state index in [4.69, 9.17) is 15.2 Å². The summed E-state index contributed by atoms with van der Waals surface area (Å²) in [7, 11) is 0. The summed E-state index contributed by atoms with van der Waals surface area (Å²) in [6, 6.07) is 4.27. The molecule has 1 aliphatic heterocycles. The van der Waals surface area contributed by atoms with Crippen molar-refractivity contribution in [3.8, 4) is 11.5 Å². The molecule has 0 bridgehead atoms. The number of ether oxygens (including phenoxy) is 2. The molecule has 1 aliphatic rings. The molecular formula is C17H20N2O5. The van der Waals surface area contributed by atoms with Gasteiger partial charge in [-0.2, -0.15) is 0 Å². The van der Waals surface area contributed by atoms with Crippen LogP contribution in [0.1, 0.15) is 31.9 Å². The van der Waals surface area contributed by atoms with Crippen molar-refractivity contribution in [2.24, 2.45) is 5.73 Å². The lowest BCUT2D eigenvalue weighted by molar-refractivity contribution is -0.140. The molecule has 2 N–H and O–H groups in total. The molecule has 0 saturated heterocycles. The Bertz CT molecular complexity index is 666. The average Bonchev–Trinajstić information content (AvgIpc) is 2.86. The van der Waals surface area contributed by atoms with Gasteiger partial charge in [-0.3, -0.25) is 19.3 Å². The molecule has 1 unspecified atom stereocenters. The number of nitrogens with two attached hydrogens (primary N) is 1. The summed E-state index contributed by atoms with van der Waals surface area (Å²) in [6.07, 6.45) is 2.18. The number of primary amides is 1. The largest absolute Gasteiger partial charge is 0.490 e. The Morgan fingerprint density at radius 2 is 1.67 bits per heavy atom. The van der Waals surface area contributed by atoms with Crippen molar-refractivity contribution in [3.63, 3.8) is 0 Å². The molecule has 0 aliphatic carbocycles. The van der Waals surface area contributed by atoms with Gasteiger partial charge in [-0.15, -0.1) is 0 Å². The second-order valence-electron chi connectivity index (χ2n) is 5.14. The fourth-order valence-electron chi connectivity index (χ4n) is 2.54. The minimum atomic E-state index is -0.785. The Labute approximate surface area is 140 Å². The summed E-state index contributed by atoms with van der Waals surface area (Å²) in [5.74, 6) is -0.521. The first kappa shape index (κ1) is 17.5. The van der Waals surface area contributed by atoms with Crippen LogP contribution in [0, 0.1) is 0 Å². The van der Waals surface area contributed by atoms with Crippen LogP contribution in [0.2, 0.25) is 0 Å². The normalized spacial score (nSPS) is 14.8. The number of hydrogen-bond acceptors (Lipinski definition) is 5. The minimum Gasteiger partial charge on any atom is -0.490 e. The molecule has 0 saturated carbocycles. The van der Waals surface area contributed by atoms with Crippen LogP contribution in [0.3, 0.4) is 0 Å². The molecule has 1 atom stereocenters. The van der Waals surface area contributed by atoms with Gasteiger partial charge in [-0.25, -0.2) is 0 Å². The van der Waals surface area contributed by atoms with Gasteiger partial charge in [-0.05, 0) is 31.5 Å². The lowest BCUT2D eigenvalue weighted by Gasteiger charge is -2.26. The Hall–Kier alpha value is -2.83. The summed E-state index contributed by atoms with van der Waals surface area (Å²) in [6.45, 7) is 4.58. The first-order valence-electron chi connectivity index (χ1n) is 7.71.